The summed E-state index contributed by atoms with van der Waals surface area (Å²) in [5.74, 6) is 0.887. The first-order valence-corrected chi connectivity index (χ1v) is 6.92. The van der Waals surface area contributed by atoms with Crippen molar-refractivity contribution in [2.75, 3.05) is 45.4 Å². The van der Waals surface area contributed by atoms with Crippen LogP contribution in [0.25, 0.3) is 0 Å². The van der Waals surface area contributed by atoms with Gasteiger partial charge in [-0.2, -0.15) is 0 Å². The molecule has 0 saturated carbocycles. The Morgan fingerprint density at radius 3 is 2.63 bits per heavy atom. The predicted octanol–water partition coefficient (Wildman–Crippen LogP) is 2.28. The second-order valence-corrected chi connectivity index (χ2v) is 4.70. The number of nitrogens with zero attached hydrogens (tertiary/aromatic N) is 1. The van der Waals surface area contributed by atoms with Gasteiger partial charge in [-0.1, -0.05) is 6.07 Å². The fourth-order valence-corrected chi connectivity index (χ4v) is 1.70. The van der Waals surface area contributed by atoms with Crippen LogP contribution >= 0.6 is 0 Å². The summed E-state index contributed by atoms with van der Waals surface area (Å²) in [6, 6.07) is 8.05. The van der Waals surface area contributed by atoms with Gasteiger partial charge in [0, 0.05) is 32.5 Å². The lowest BCUT2D eigenvalue weighted by atomic mass is 10.2. The normalized spacial score (nSPS) is 10.5. The summed E-state index contributed by atoms with van der Waals surface area (Å²) in [5, 5.41) is 0. The third-order valence-electron chi connectivity index (χ3n) is 2.82. The molecule has 0 unspecified atom stereocenters. The number of rotatable bonds is 10. The molecule has 0 aromatic heterocycles. The number of hydrogen-bond donors (Lipinski definition) is 1. The van der Waals surface area contributed by atoms with E-state index in [-0.39, 0.29) is 0 Å². The average Bonchev–Trinajstić information content (AvgIpc) is 2.42. The number of hydrogen-bond acceptors (Lipinski definition) is 4. The molecule has 1 rings (SSSR count). The Balaban J connectivity index is 2.10. The zero-order valence-electron chi connectivity index (χ0n) is 12.1. The quantitative estimate of drug-likeness (QED) is 0.660. The van der Waals surface area contributed by atoms with Crippen LogP contribution in [0.5, 0.6) is 5.75 Å². The van der Waals surface area contributed by atoms with E-state index in [1.165, 1.54) is 0 Å². The molecule has 0 aliphatic carbocycles. The Kier molecular flexibility index (Phi) is 8.02. The van der Waals surface area contributed by atoms with Gasteiger partial charge < -0.3 is 20.1 Å². The van der Waals surface area contributed by atoms with Crippen LogP contribution in [0.1, 0.15) is 19.3 Å². The molecule has 19 heavy (non-hydrogen) atoms. The highest BCUT2D eigenvalue weighted by molar-refractivity contribution is 5.49. The molecule has 0 atom stereocenters. The molecule has 0 bridgehead atoms. The zero-order chi connectivity index (χ0) is 13.9. The summed E-state index contributed by atoms with van der Waals surface area (Å²) in [6.45, 7) is 2.79. The lowest BCUT2D eigenvalue weighted by Crippen LogP contribution is -2.10. The third-order valence-corrected chi connectivity index (χ3v) is 2.82. The fourth-order valence-electron chi connectivity index (χ4n) is 1.70. The molecule has 0 spiro atoms. The molecule has 0 saturated heterocycles. The van der Waals surface area contributed by atoms with Gasteiger partial charge in [-0.3, -0.25) is 0 Å². The maximum atomic E-state index is 5.65. The Hall–Kier alpha value is -1.26. The molecule has 1 aromatic carbocycles. The first-order chi connectivity index (χ1) is 9.24. The monoisotopic (exact) mass is 266 g/mol. The first kappa shape index (κ1) is 15.8. The fraction of sp³-hybridized carbons (Fsp3) is 0.600. The molecule has 0 fully saturated rings. The summed E-state index contributed by atoms with van der Waals surface area (Å²) >= 11 is 0. The summed E-state index contributed by atoms with van der Waals surface area (Å²) in [6.07, 6.45) is 3.30. The van der Waals surface area contributed by atoms with E-state index in [1.807, 2.05) is 32.3 Å². The highest BCUT2D eigenvalue weighted by atomic mass is 16.5. The van der Waals surface area contributed by atoms with Gasteiger partial charge in [-0.25, -0.2) is 0 Å². The van der Waals surface area contributed by atoms with Gasteiger partial charge in [0.25, 0.3) is 0 Å². The second-order valence-electron chi connectivity index (χ2n) is 4.70. The Morgan fingerprint density at radius 1 is 1.05 bits per heavy atom. The molecular formula is C15H26N2O2. The number of benzene rings is 1. The number of nitrogens with two attached hydrogens (primary N) is 1. The zero-order valence-corrected chi connectivity index (χ0v) is 12.1. The van der Waals surface area contributed by atoms with Crippen molar-refractivity contribution in [3.8, 4) is 5.75 Å². The minimum absolute atomic E-state index is 0.591. The standard InChI is InChI=1S/C15H26N2O2/c1-17(2)14-7-6-8-15(13-14)19-12-11-18-10-5-3-4-9-16/h6-8,13H,3-5,9-12,16H2,1-2H3. The predicted molar refractivity (Wildman–Crippen MR) is 80.0 cm³/mol. The van der Waals surface area contributed by atoms with Crippen LogP contribution in [0, 0.1) is 0 Å². The molecule has 4 nitrogen and oxygen atoms in total. The second kappa shape index (κ2) is 9.64. The minimum Gasteiger partial charge on any atom is -0.491 e. The van der Waals surface area contributed by atoms with Crippen LogP contribution in [0.4, 0.5) is 5.69 Å². The maximum absolute atomic E-state index is 5.65. The van der Waals surface area contributed by atoms with Crippen molar-refractivity contribution in [2.45, 2.75) is 19.3 Å². The summed E-state index contributed by atoms with van der Waals surface area (Å²) in [7, 11) is 4.03. The van der Waals surface area contributed by atoms with Crippen molar-refractivity contribution in [1.29, 1.82) is 0 Å². The topological polar surface area (TPSA) is 47.7 Å². The maximum Gasteiger partial charge on any atom is 0.121 e. The lowest BCUT2D eigenvalue weighted by Gasteiger charge is -2.14. The van der Waals surface area contributed by atoms with E-state index in [1.54, 1.807) is 0 Å². The molecule has 0 aliphatic heterocycles. The van der Waals surface area contributed by atoms with E-state index in [0.29, 0.717) is 13.2 Å². The largest absolute Gasteiger partial charge is 0.491 e. The van der Waals surface area contributed by atoms with Crippen molar-refractivity contribution >= 4 is 5.69 Å². The Labute approximate surface area is 116 Å². The van der Waals surface area contributed by atoms with Gasteiger partial charge in [0.1, 0.15) is 12.4 Å². The van der Waals surface area contributed by atoms with Crippen LogP contribution in [-0.4, -0.2) is 40.5 Å². The summed E-state index contributed by atoms with van der Waals surface area (Å²) < 4.78 is 11.2. The molecule has 108 valence electrons. The number of ether oxygens (including phenoxy) is 2. The van der Waals surface area contributed by atoms with E-state index < -0.39 is 0 Å². The van der Waals surface area contributed by atoms with Crippen molar-refractivity contribution in [2.24, 2.45) is 5.73 Å². The first-order valence-electron chi connectivity index (χ1n) is 6.92. The van der Waals surface area contributed by atoms with E-state index in [4.69, 9.17) is 15.2 Å². The highest BCUT2D eigenvalue weighted by Gasteiger charge is 1.98. The van der Waals surface area contributed by atoms with Crippen LogP contribution in [0.15, 0.2) is 24.3 Å². The van der Waals surface area contributed by atoms with Crippen molar-refractivity contribution < 1.29 is 9.47 Å². The van der Waals surface area contributed by atoms with E-state index in [0.717, 1.165) is 43.9 Å². The number of unbranched alkanes of at least 4 members (excludes halogenated alkanes) is 2. The van der Waals surface area contributed by atoms with Crippen molar-refractivity contribution in [3.63, 3.8) is 0 Å². The molecule has 0 heterocycles. The van der Waals surface area contributed by atoms with Crippen molar-refractivity contribution in [3.05, 3.63) is 24.3 Å². The van der Waals surface area contributed by atoms with Gasteiger partial charge in [0.05, 0.1) is 6.61 Å². The average molecular weight is 266 g/mol. The molecule has 2 N–H and O–H groups in total. The van der Waals surface area contributed by atoms with Gasteiger partial charge >= 0.3 is 0 Å². The molecule has 0 amide bonds. The van der Waals surface area contributed by atoms with Crippen LogP contribution < -0.4 is 15.4 Å². The molecule has 0 radical (unpaired) electrons. The summed E-state index contributed by atoms with van der Waals surface area (Å²) in [4.78, 5) is 2.06. The SMILES string of the molecule is CN(C)c1cccc(OCCOCCCCCN)c1. The van der Waals surface area contributed by atoms with Crippen LogP contribution in [0.2, 0.25) is 0 Å². The molecular weight excluding hydrogens is 240 g/mol. The van der Waals surface area contributed by atoms with Gasteiger partial charge in [0.2, 0.25) is 0 Å². The minimum atomic E-state index is 0.591. The Morgan fingerprint density at radius 2 is 1.89 bits per heavy atom. The lowest BCUT2D eigenvalue weighted by molar-refractivity contribution is 0.0973. The van der Waals surface area contributed by atoms with Crippen LogP contribution in [-0.2, 0) is 4.74 Å². The smallest absolute Gasteiger partial charge is 0.121 e. The van der Waals surface area contributed by atoms with Crippen molar-refractivity contribution in [1.82, 2.24) is 0 Å². The van der Waals surface area contributed by atoms with Gasteiger partial charge in [0.15, 0.2) is 0 Å². The number of anilines is 1. The third kappa shape index (κ3) is 7.03. The van der Waals surface area contributed by atoms with E-state index >= 15 is 0 Å². The Bertz CT molecular complexity index is 343. The van der Waals surface area contributed by atoms with Gasteiger partial charge in [-0.15, -0.1) is 0 Å². The van der Waals surface area contributed by atoms with E-state index in [2.05, 4.69) is 11.0 Å². The molecule has 4 heteroatoms. The molecule has 1 aromatic rings. The summed E-state index contributed by atoms with van der Waals surface area (Å²) in [5.41, 5.74) is 6.56. The van der Waals surface area contributed by atoms with Crippen LogP contribution in [0.3, 0.4) is 0 Å². The van der Waals surface area contributed by atoms with Gasteiger partial charge in [-0.05, 0) is 37.9 Å². The molecule has 0 aliphatic rings. The van der Waals surface area contributed by atoms with E-state index in [9.17, 15) is 0 Å². The highest BCUT2D eigenvalue weighted by Crippen LogP contribution is 2.19.